The quantitative estimate of drug-likeness (QED) is 0.548. The number of methoxy groups -OCH3 is 1. The number of aryl methyl sites for hydroxylation is 4. The zero-order valence-electron chi connectivity index (χ0n) is 16.8. The standard InChI is InChI=1S/C21H23NO6/c1-9-13(5)27-18-11(3)19-15(7-14(9)18)10(2)16(21(25)28-19)8-17(23)22-12(4)20(24)26-6/h7,12H,8H2,1-6H3,(H,22,23)/t12-/m0/s1. The molecule has 1 N–H and O–H groups in total. The molecule has 0 unspecified atom stereocenters. The lowest BCUT2D eigenvalue weighted by molar-refractivity contribution is -0.144. The summed E-state index contributed by atoms with van der Waals surface area (Å²) in [6.07, 6.45) is -0.189. The third-order valence-electron chi connectivity index (χ3n) is 5.21. The number of fused-ring (bicyclic) bond motifs is 2. The van der Waals surface area contributed by atoms with Gasteiger partial charge in [0.15, 0.2) is 0 Å². The Bertz CT molecular complexity index is 1170. The average Bonchev–Trinajstić information content (AvgIpc) is 2.94. The second kappa shape index (κ2) is 7.14. The largest absolute Gasteiger partial charge is 0.467 e. The molecule has 0 spiro atoms. The van der Waals surface area contributed by atoms with Gasteiger partial charge in [0.25, 0.3) is 0 Å². The molecule has 1 aromatic carbocycles. The van der Waals surface area contributed by atoms with Crippen molar-refractivity contribution >= 4 is 33.8 Å². The van der Waals surface area contributed by atoms with Gasteiger partial charge in [0.05, 0.1) is 19.1 Å². The third kappa shape index (κ3) is 3.17. The van der Waals surface area contributed by atoms with Crippen LogP contribution < -0.4 is 10.9 Å². The van der Waals surface area contributed by atoms with Crippen molar-refractivity contribution < 1.29 is 23.2 Å². The van der Waals surface area contributed by atoms with E-state index in [1.54, 1.807) is 6.92 Å². The maximum absolute atomic E-state index is 12.6. The summed E-state index contributed by atoms with van der Waals surface area (Å²) in [6, 6.07) is 1.13. The number of ether oxygens (including phenoxy) is 1. The van der Waals surface area contributed by atoms with E-state index in [0.717, 1.165) is 27.7 Å². The average molecular weight is 385 g/mol. The molecular weight excluding hydrogens is 362 g/mol. The van der Waals surface area contributed by atoms with Crippen LogP contribution in [0, 0.1) is 27.7 Å². The van der Waals surface area contributed by atoms with Crippen molar-refractivity contribution in [3.05, 3.63) is 44.5 Å². The van der Waals surface area contributed by atoms with Gasteiger partial charge in [0.2, 0.25) is 5.91 Å². The molecule has 2 heterocycles. The zero-order valence-corrected chi connectivity index (χ0v) is 16.8. The second-order valence-corrected chi connectivity index (χ2v) is 7.02. The van der Waals surface area contributed by atoms with Crippen LogP contribution in [-0.2, 0) is 20.7 Å². The van der Waals surface area contributed by atoms with Crippen LogP contribution in [0.4, 0.5) is 0 Å². The molecule has 0 bridgehead atoms. The van der Waals surface area contributed by atoms with E-state index in [-0.39, 0.29) is 12.0 Å². The number of hydrogen-bond donors (Lipinski definition) is 1. The highest BCUT2D eigenvalue weighted by molar-refractivity contribution is 6.00. The topological polar surface area (TPSA) is 98.8 Å². The van der Waals surface area contributed by atoms with Crippen LogP contribution in [0.2, 0.25) is 0 Å². The molecule has 0 aliphatic heterocycles. The number of esters is 1. The van der Waals surface area contributed by atoms with Gasteiger partial charge in [-0.2, -0.15) is 0 Å². The summed E-state index contributed by atoms with van der Waals surface area (Å²) in [5.74, 6) is -0.204. The Balaban J connectivity index is 2.08. The minimum Gasteiger partial charge on any atom is -0.467 e. The van der Waals surface area contributed by atoms with Crippen LogP contribution in [0.5, 0.6) is 0 Å². The normalized spacial score (nSPS) is 12.4. The Morgan fingerprint density at radius 2 is 1.64 bits per heavy atom. The van der Waals surface area contributed by atoms with Crippen molar-refractivity contribution in [1.82, 2.24) is 5.32 Å². The van der Waals surface area contributed by atoms with Crippen molar-refractivity contribution in [1.29, 1.82) is 0 Å². The lowest BCUT2D eigenvalue weighted by Crippen LogP contribution is -2.40. The van der Waals surface area contributed by atoms with E-state index in [2.05, 4.69) is 10.1 Å². The van der Waals surface area contributed by atoms with E-state index in [0.29, 0.717) is 16.7 Å². The molecule has 7 heteroatoms. The molecule has 1 atom stereocenters. The van der Waals surface area contributed by atoms with Gasteiger partial charge in [-0.1, -0.05) is 0 Å². The Morgan fingerprint density at radius 1 is 1.04 bits per heavy atom. The van der Waals surface area contributed by atoms with Crippen LogP contribution in [-0.4, -0.2) is 25.0 Å². The van der Waals surface area contributed by atoms with Crippen molar-refractivity contribution in [2.45, 2.75) is 47.1 Å². The van der Waals surface area contributed by atoms with Gasteiger partial charge in [-0.05, 0) is 51.8 Å². The Morgan fingerprint density at radius 3 is 2.29 bits per heavy atom. The van der Waals surface area contributed by atoms with Crippen LogP contribution in [0.25, 0.3) is 21.9 Å². The second-order valence-electron chi connectivity index (χ2n) is 7.02. The summed E-state index contributed by atoms with van der Waals surface area (Å²) in [5, 5.41) is 4.24. The highest BCUT2D eigenvalue weighted by Gasteiger charge is 2.21. The smallest absolute Gasteiger partial charge is 0.340 e. The molecule has 148 valence electrons. The summed E-state index contributed by atoms with van der Waals surface area (Å²) >= 11 is 0. The van der Waals surface area contributed by atoms with Gasteiger partial charge in [-0.15, -0.1) is 0 Å². The molecule has 0 saturated heterocycles. The molecule has 7 nitrogen and oxygen atoms in total. The van der Waals surface area contributed by atoms with Crippen LogP contribution in [0.1, 0.15) is 34.9 Å². The SMILES string of the molecule is COC(=O)[C@H](C)NC(=O)Cc1c(C)c2cc3c(C)c(C)oc3c(C)c2oc1=O. The molecule has 0 aliphatic rings. The minimum atomic E-state index is -0.802. The molecule has 3 aromatic rings. The van der Waals surface area contributed by atoms with E-state index >= 15 is 0 Å². The predicted octanol–water partition coefficient (Wildman–Crippen LogP) is 2.99. The highest BCUT2D eigenvalue weighted by Crippen LogP contribution is 2.34. The monoisotopic (exact) mass is 385 g/mol. The van der Waals surface area contributed by atoms with Gasteiger partial charge < -0.3 is 18.9 Å². The molecule has 1 amide bonds. The van der Waals surface area contributed by atoms with Crippen molar-refractivity contribution in [2.75, 3.05) is 7.11 Å². The Hall–Kier alpha value is -3.09. The van der Waals surface area contributed by atoms with Gasteiger partial charge in [0, 0.05) is 16.3 Å². The van der Waals surface area contributed by atoms with Crippen molar-refractivity contribution in [3.63, 3.8) is 0 Å². The van der Waals surface area contributed by atoms with E-state index in [1.807, 2.05) is 26.8 Å². The molecule has 0 aliphatic carbocycles. The first-order valence-corrected chi connectivity index (χ1v) is 8.98. The fourth-order valence-electron chi connectivity index (χ4n) is 3.39. The lowest BCUT2D eigenvalue weighted by Gasteiger charge is -2.13. The zero-order chi connectivity index (χ0) is 20.7. The summed E-state index contributed by atoms with van der Waals surface area (Å²) < 4.78 is 16.0. The summed E-state index contributed by atoms with van der Waals surface area (Å²) in [4.78, 5) is 36.3. The molecular formula is C21H23NO6. The van der Waals surface area contributed by atoms with Crippen LogP contribution >= 0.6 is 0 Å². The van der Waals surface area contributed by atoms with Gasteiger partial charge in [0.1, 0.15) is 23.0 Å². The number of nitrogens with one attached hydrogen (secondary N) is 1. The summed E-state index contributed by atoms with van der Waals surface area (Å²) in [7, 11) is 1.25. The summed E-state index contributed by atoms with van der Waals surface area (Å²) in [5.41, 5.74) is 3.29. The molecule has 0 fully saturated rings. The van der Waals surface area contributed by atoms with Crippen LogP contribution in [0.3, 0.4) is 0 Å². The van der Waals surface area contributed by atoms with E-state index in [1.165, 1.54) is 14.0 Å². The van der Waals surface area contributed by atoms with Crippen molar-refractivity contribution in [2.24, 2.45) is 0 Å². The van der Waals surface area contributed by atoms with E-state index in [9.17, 15) is 14.4 Å². The molecule has 28 heavy (non-hydrogen) atoms. The number of carbonyl (C=O) groups is 2. The predicted molar refractivity (Wildman–Crippen MR) is 105 cm³/mol. The molecule has 0 radical (unpaired) electrons. The number of benzene rings is 1. The maximum atomic E-state index is 12.6. The van der Waals surface area contributed by atoms with Gasteiger partial charge in [-0.3, -0.25) is 4.79 Å². The van der Waals surface area contributed by atoms with Gasteiger partial charge in [-0.25, -0.2) is 9.59 Å². The first kappa shape index (κ1) is 19.7. The van der Waals surface area contributed by atoms with Gasteiger partial charge >= 0.3 is 11.6 Å². The van der Waals surface area contributed by atoms with Crippen molar-refractivity contribution in [3.8, 4) is 0 Å². The number of rotatable bonds is 4. The molecule has 3 rings (SSSR count). The number of hydrogen-bond acceptors (Lipinski definition) is 6. The Kier molecular flexibility index (Phi) is 5.02. The maximum Gasteiger partial charge on any atom is 0.340 e. The number of carbonyl (C=O) groups excluding carboxylic acids is 2. The first-order chi connectivity index (χ1) is 13.1. The summed E-state index contributed by atoms with van der Waals surface area (Å²) in [6.45, 7) is 9.02. The third-order valence-corrected chi connectivity index (χ3v) is 5.21. The highest BCUT2D eigenvalue weighted by atomic mass is 16.5. The minimum absolute atomic E-state index is 0.189. The fourth-order valence-corrected chi connectivity index (χ4v) is 3.39. The molecule has 2 aromatic heterocycles. The lowest BCUT2D eigenvalue weighted by atomic mass is 9.98. The Labute approximate surface area is 161 Å². The van der Waals surface area contributed by atoms with E-state index < -0.39 is 23.5 Å². The first-order valence-electron chi connectivity index (χ1n) is 8.98. The fraction of sp³-hybridized carbons (Fsp3) is 0.381. The number of furan rings is 1. The van der Waals surface area contributed by atoms with Crippen LogP contribution in [0.15, 0.2) is 19.7 Å². The van der Waals surface area contributed by atoms with E-state index in [4.69, 9.17) is 8.83 Å². The number of amides is 1. The molecule has 0 saturated carbocycles.